The summed E-state index contributed by atoms with van der Waals surface area (Å²) in [6.07, 6.45) is 0. The minimum absolute atomic E-state index is 0.271. The van der Waals surface area contributed by atoms with Crippen LogP contribution in [0.25, 0.3) is 10.9 Å². The molecule has 0 unspecified atom stereocenters. The van der Waals surface area contributed by atoms with Crippen LogP contribution in [0.3, 0.4) is 0 Å². The van der Waals surface area contributed by atoms with Crippen molar-refractivity contribution < 1.29 is 8.42 Å². The Hall–Kier alpha value is -2.93. The van der Waals surface area contributed by atoms with Gasteiger partial charge in [0.25, 0.3) is 10.0 Å². The molecule has 0 atom stereocenters. The number of benzene rings is 2. The Bertz CT molecular complexity index is 1140. The second kappa shape index (κ2) is 6.10. The van der Waals surface area contributed by atoms with Crippen LogP contribution in [0.1, 0.15) is 11.1 Å². The first kappa shape index (κ1) is 16.5. The van der Waals surface area contributed by atoms with Crippen LogP contribution in [0.4, 0.5) is 5.82 Å². The number of fused-ring (bicyclic) bond motifs is 2. The van der Waals surface area contributed by atoms with Crippen LogP contribution in [-0.2, 0) is 16.6 Å². The highest BCUT2D eigenvalue weighted by Gasteiger charge is 2.30. The van der Waals surface area contributed by atoms with Gasteiger partial charge in [0.2, 0.25) is 0 Å². The normalized spacial score (nSPS) is 16.5. The van der Waals surface area contributed by atoms with E-state index in [2.05, 4.69) is 14.7 Å². The van der Waals surface area contributed by atoms with E-state index in [0.717, 1.165) is 22.3 Å². The Labute approximate surface area is 152 Å². The van der Waals surface area contributed by atoms with E-state index in [-0.39, 0.29) is 4.90 Å². The minimum atomic E-state index is -3.52. The molecule has 0 bridgehead atoms. The van der Waals surface area contributed by atoms with Crippen molar-refractivity contribution in [3.63, 3.8) is 0 Å². The van der Waals surface area contributed by atoms with Crippen molar-refractivity contribution in [1.29, 1.82) is 0 Å². The molecule has 0 fully saturated rings. The molecular formula is C19H18N4O2S. The van der Waals surface area contributed by atoms with E-state index >= 15 is 0 Å². The van der Waals surface area contributed by atoms with Gasteiger partial charge in [-0.3, -0.25) is 9.71 Å². The lowest BCUT2D eigenvalue weighted by Gasteiger charge is -2.14. The number of amidine groups is 1. The summed E-state index contributed by atoms with van der Waals surface area (Å²) in [5.41, 5.74) is 2.50. The molecule has 3 aromatic rings. The van der Waals surface area contributed by atoms with Crippen LogP contribution in [0.2, 0.25) is 0 Å². The van der Waals surface area contributed by atoms with Gasteiger partial charge in [-0.05, 0) is 29.8 Å². The van der Waals surface area contributed by atoms with E-state index < -0.39 is 10.0 Å². The number of hydrogen-bond acceptors (Lipinski definition) is 5. The van der Waals surface area contributed by atoms with Crippen molar-refractivity contribution in [3.05, 3.63) is 65.7 Å². The monoisotopic (exact) mass is 366 g/mol. The predicted molar refractivity (Wildman–Crippen MR) is 103 cm³/mol. The molecule has 2 heterocycles. The molecule has 1 N–H and O–H groups in total. The number of aliphatic imine (C=N–C) groups is 1. The first-order valence-electron chi connectivity index (χ1n) is 8.18. The van der Waals surface area contributed by atoms with E-state index in [4.69, 9.17) is 0 Å². The number of nitrogens with one attached hydrogen (secondary N) is 1. The zero-order valence-corrected chi connectivity index (χ0v) is 15.3. The Morgan fingerprint density at radius 2 is 1.81 bits per heavy atom. The predicted octanol–water partition coefficient (Wildman–Crippen LogP) is 2.54. The Balaban J connectivity index is 1.78. The molecule has 132 valence electrons. The lowest BCUT2D eigenvalue weighted by Crippen LogP contribution is -2.22. The number of pyridine rings is 1. The van der Waals surface area contributed by atoms with Crippen LogP contribution in [0.5, 0.6) is 0 Å². The quantitative estimate of drug-likeness (QED) is 0.773. The number of sulfonamides is 1. The smallest absolute Gasteiger partial charge is 0.263 e. The van der Waals surface area contributed by atoms with Gasteiger partial charge < -0.3 is 4.90 Å². The zero-order chi connectivity index (χ0) is 18.3. The largest absolute Gasteiger partial charge is 0.363 e. The molecule has 26 heavy (non-hydrogen) atoms. The first-order valence-corrected chi connectivity index (χ1v) is 9.67. The van der Waals surface area contributed by atoms with Crippen LogP contribution in [0.15, 0.2) is 64.5 Å². The molecule has 0 radical (unpaired) electrons. The highest BCUT2D eigenvalue weighted by molar-refractivity contribution is 7.90. The average molecular weight is 366 g/mol. The Morgan fingerprint density at radius 1 is 1.08 bits per heavy atom. The van der Waals surface area contributed by atoms with Crippen molar-refractivity contribution in [2.75, 3.05) is 19.0 Å². The molecule has 1 aliphatic rings. The van der Waals surface area contributed by atoms with E-state index in [9.17, 15) is 8.42 Å². The third-order valence-corrected chi connectivity index (χ3v) is 5.71. The molecule has 1 aromatic heterocycles. The van der Waals surface area contributed by atoms with Crippen LogP contribution in [-0.4, -0.2) is 33.3 Å². The molecule has 7 heteroatoms. The summed E-state index contributed by atoms with van der Waals surface area (Å²) in [5.74, 6) is 1.22. The second-order valence-corrected chi connectivity index (χ2v) is 7.97. The van der Waals surface area contributed by atoms with Gasteiger partial charge in [-0.15, -0.1) is 0 Å². The van der Waals surface area contributed by atoms with Gasteiger partial charge >= 0.3 is 0 Å². The van der Waals surface area contributed by atoms with Gasteiger partial charge in [-0.1, -0.05) is 30.3 Å². The van der Waals surface area contributed by atoms with E-state index in [1.807, 2.05) is 55.4 Å². The maximum absolute atomic E-state index is 12.2. The van der Waals surface area contributed by atoms with Gasteiger partial charge in [0, 0.05) is 25.0 Å². The summed E-state index contributed by atoms with van der Waals surface area (Å²) in [4.78, 5) is 11.4. The Morgan fingerprint density at radius 3 is 2.62 bits per heavy atom. The van der Waals surface area contributed by atoms with Gasteiger partial charge in [-0.2, -0.15) is 0 Å². The van der Waals surface area contributed by atoms with Gasteiger partial charge in [0.15, 0.2) is 0 Å². The number of para-hydroxylation sites is 1. The molecule has 0 amide bonds. The van der Waals surface area contributed by atoms with Gasteiger partial charge in [0.05, 0.1) is 17.0 Å². The highest BCUT2D eigenvalue weighted by atomic mass is 32.2. The zero-order valence-electron chi connectivity index (χ0n) is 14.5. The maximum Gasteiger partial charge on any atom is 0.263 e. The average Bonchev–Trinajstić information content (AvgIpc) is 2.90. The van der Waals surface area contributed by atoms with Gasteiger partial charge in [0.1, 0.15) is 11.7 Å². The number of anilines is 1. The molecule has 0 saturated heterocycles. The van der Waals surface area contributed by atoms with Crippen molar-refractivity contribution in [1.82, 2.24) is 9.71 Å². The lowest BCUT2D eigenvalue weighted by molar-refractivity contribution is 0.595. The van der Waals surface area contributed by atoms with Crippen molar-refractivity contribution in [2.45, 2.75) is 11.4 Å². The van der Waals surface area contributed by atoms with Crippen LogP contribution in [0, 0.1) is 0 Å². The fraction of sp³-hybridized carbons (Fsp3) is 0.158. The summed E-state index contributed by atoms with van der Waals surface area (Å²) in [6.45, 7) is 0.357. The number of hydrogen-bond donors (Lipinski definition) is 1. The Kier molecular flexibility index (Phi) is 3.88. The summed E-state index contributed by atoms with van der Waals surface area (Å²) in [6, 6.07) is 16.7. The maximum atomic E-state index is 12.2. The fourth-order valence-electron chi connectivity index (χ4n) is 3.01. The van der Waals surface area contributed by atoms with E-state index in [1.165, 1.54) is 0 Å². The van der Waals surface area contributed by atoms with Crippen LogP contribution >= 0.6 is 0 Å². The summed E-state index contributed by atoms with van der Waals surface area (Å²) >= 11 is 0. The fourth-order valence-corrected chi connectivity index (χ4v) is 4.26. The molecule has 6 nitrogen and oxygen atoms in total. The summed E-state index contributed by atoms with van der Waals surface area (Å²) < 4.78 is 27.0. The standard InChI is InChI=1S/C19H18N4O2S/c1-23(2)18-11-13(14-7-3-5-9-16(14)21-18)12-20-19-15-8-4-6-10-17(15)26(24,25)22-19/h3-11H,12H2,1-2H3,(H,20,22). The van der Waals surface area contributed by atoms with Gasteiger partial charge in [-0.25, -0.2) is 13.4 Å². The SMILES string of the molecule is CN(C)c1cc(CN=C2NS(=O)(=O)c3ccccc32)c2ccccc2n1. The first-order chi connectivity index (χ1) is 12.5. The molecule has 0 spiro atoms. The van der Waals surface area contributed by atoms with Crippen molar-refractivity contribution in [3.8, 4) is 0 Å². The molecule has 1 aliphatic heterocycles. The minimum Gasteiger partial charge on any atom is -0.363 e. The molecule has 4 rings (SSSR count). The molecular weight excluding hydrogens is 348 g/mol. The van der Waals surface area contributed by atoms with Crippen LogP contribution < -0.4 is 9.62 Å². The second-order valence-electron chi connectivity index (χ2n) is 6.32. The van der Waals surface area contributed by atoms with Crippen molar-refractivity contribution in [2.24, 2.45) is 4.99 Å². The summed E-state index contributed by atoms with van der Waals surface area (Å²) in [5, 5.41) is 1.01. The molecule has 0 saturated carbocycles. The number of nitrogens with zero attached hydrogens (tertiary/aromatic N) is 3. The number of aromatic nitrogens is 1. The third-order valence-electron chi connectivity index (χ3n) is 4.32. The topological polar surface area (TPSA) is 74.7 Å². The summed E-state index contributed by atoms with van der Waals surface area (Å²) in [7, 11) is 0.353. The lowest BCUT2D eigenvalue weighted by atomic mass is 10.1. The molecule has 0 aliphatic carbocycles. The third kappa shape index (κ3) is 2.80. The van der Waals surface area contributed by atoms with Crippen molar-refractivity contribution >= 4 is 32.6 Å². The number of rotatable bonds is 3. The van der Waals surface area contributed by atoms with E-state index in [1.54, 1.807) is 18.2 Å². The van der Waals surface area contributed by atoms with E-state index in [0.29, 0.717) is 17.9 Å². The molecule has 2 aromatic carbocycles. The highest BCUT2D eigenvalue weighted by Crippen LogP contribution is 2.25.